The molecular formula is C9H11ClN2O. The number of halogens is 1. The zero-order valence-electron chi connectivity index (χ0n) is 7.54. The number of carbonyl (C=O) groups excluding carboxylic acids is 1. The highest BCUT2D eigenvalue weighted by Gasteiger charge is 2.07. The Labute approximate surface area is 82.1 Å². The van der Waals surface area contributed by atoms with Crippen molar-refractivity contribution in [2.24, 2.45) is 0 Å². The Hall–Kier alpha value is -1.09. The molecular weight excluding hydrogens is 188 g/mol. The highest BCUT2D eigenvalue weighted by atomic mass is 35.5. The molecule has 1 heterocycles. The summed E-state index contributed by atoms with van der Waals surface area (Å²) in [5.41, 5.74) is 0.348. The standard InChI is InChI=1S/C9H11ClN2O/c1-6(2)11-9(13)7-4-3-5-8(10)12-7/h3-6H,1-2H3,(H,11,13). The van der Waals surface area contributed by atoms with Gasteiger partial charge in [0.05, 0.1) is 0 Å². The van der Waals surface area contributed by atoms with Gasteiger partial charge in [0.2, 0.25) is 0 Å². The molecule has 1 rings (SSSR count). The summed E-state index contributed by atoms with van der Waals surface area (Å²) in [4.78, 5) is 15.3. The topological polar surface area (TPSA) is 42.0 Å². The van der Waals surface area contributed by atoms with Crippen LogP contribution < -0.4 is 5.32 Å². The Balaban J connectivity index is 2.77. The van der Waals surface area contributed by atoms with Crippen LogP contribution in [0.2, 0.25) is 5.15 Å². The van der Waals surface area contributed by atoms with Crippen molar-refractivity contribution in [1.82, 2.24) is 10.3 Å². The summed E-state index contributed by atoms with van der Waals surface area (Å²) < 4.78 is 0. The van der Waals surface area contributed by atoms with Gasteiger partial charge >= 0.3 is 0 Å². The van der Waals surface area contributed by atoms with Crippen LogP contribution in [0.4, 0.5) is 0 Å². The quantitative estimate of drug-likeness (QED) is 0.738. The molecule has 0 saturated heterocycles. The van der Waals surface area contributed by atoms with Gasteiger partial charge in [-0.05, 0) is 26.0 Å². The minimum atomic E-state index is -0.197. The van der Waals surface area contributed by atoms with Gasteiger partial charge in [-0.25, -0.2) is 4.98 Å². The second-order valence-corrected chi connectivity index (χ2v) is 3.36. The first kappa shape index (κ1) is 9.99. The van der Waals surface area contributed by atoms with Crippen LogP contribution in [0.15, 0.2) is 18.2 Å². The second-order valence-electron chi connectivity index (χ2n) is 2.97. The van der Waals surface area contributed by atoms with Crippen molar-refractivity contribution in [2.75, 3.05) is 0 Å². The molecule has 13 heavy (non-hydrogen) atoms. The van der Waals surface area contributed by atoms with E-state index in [1.54, 1.807) is 18.2 Å². The minimum absolute atomic E-state index is 0.105. The molecule has 0 bridgehead atoms. The molecule has 3 nitrogen and oxygen atoms in total. The van der Waals surface area contributed by atoms with Gasteiger partial charge in [-0.15, -0.1) is 0 Å². The van der Waals surface area contributed by atoms with Crippen LogP contribution in [0.3, 0.4) is 0 Å². The fourth-order valence-electron chi connectivity index (χ4n) is 0.871. The Bertz CT molecular complexity index is 312. The Morgan fingerprint density at radius 1 is 1.54 bits per heavy atom. The van der Waals surface area contributed by atoms with Crippen molar-refractivity contribution < 1.29 is 4.79 Å². The van der Waals surface area contributed by atoms with Crippen molar-refractivity contribution >= 4 is 17.5 Å². The van der Waals surface area contributed by atoms with Gasteiger partial charge in [0.1, 0.15) is 10.8 Å². The highest BCUT2D eigenvalue weighted by molar-refractivity contribution is 6.29. The maximum atomic E-state index is 11.4. The van der Waals surface area contributed by atoms with Crippen LogP contribution in [-0.4, -0.2) is 16.9 Å². The summed E-state index contributed by atoms with van der Waals surface area (Å²) in [5, 5.41) is 3.06. The van der Waals surface area contributed by atoms with Crippen LogP contribution in [0.25, 0.3) is 0 Å². The van der Waals surface area contributed by atoms with Crippen molar-refractivity contribution in [2.45, 2.75) is 19.9 Å². The molecule has 0 aliphatic carbocycles. The molecule has 1 aromatic heterocycles. The molecule has 0 aromatic carbocycles. The first-order valence-corrected chi connectivity index (χ1v) is 4.41. The molecule has 70 valence electrons. The first-order chi connectivity index (χ1) is 6.09. The summed E-state index contributed by atoms with van der Waals surface area (Å²) in [7, 11) is 0. The van der Waals surface area contributed by atoms with Crippen LogP contribution in [0.1, 0.15) is 24.3 Å². The molecule has 0 radical (unpaired) electrons. The lowest BCUT2D eigenvalue weighted by atomic mass is 10.3. The fourth-order valence-corrected chi connectivity index (χ4v) is 1.03. The van der Waals surface area contributed by atoms with E-state index in [9.17, 15) is 4.79 Å². The largest absolute Gasteiger partial charge is 0.349 e. The number of aromatic nitrogens is 1. The van der Waals surface area contributed by atoms with E-state index < -0.39 is 0 Å². The minimum Gasteiger partial charge on any atom is -0.349 e. The number of hydrogen-bond donors (Lipinski definition) is 1. The highest BCUT2D eigenvalue weighted by Crippen LogP contribution is 2.04. The molecule has 0 atom stereocenters. The van der Waals surface area contributed by atoms with Crippen molar-refractivity contribution in [3.63, 3.8) is 0 Å². The van der Waals surface area contributed by atoms with Gasteiger partial charge < -0.3 is 5.32 Å². The molecule has 1 aromatic rings. The second kappa shape index (κ2) is 4.23. The van der Waals surface area contributed by atoms with E-state index in [2.05, 4.69) is 10.3 Å². The number of amides is 1. The fraction of sp³-hybridized carbons (Fsp3) is 0.333. The normalized spacial score (nSPS) is 10.2. The lowest BCUT2D eigenvalue weighted by Crippen LogP contribution is -2.30. The van der Waals surface area contributed by atoms with E-state index in [-0.39, 0.29) is 11.9 Å². The maximum absolute atomic E-state index is 11.4. The summed E-state index contributed by atoms with van der Waals surface area (Å²) in [6, 6.07) is 5.07. The van der Waals surface area contributed by atoms with Crippen molar-refractivity contribution in [1.29, 1.82) is 0 Å². The molecule has 4 heteroatoms. The van der Waals surface area contributed by atoms with E-state index in [0.29, 0.717) is 10.8 Å². The molecule has 0 unspecified atom stereocenters. The summed E-state index contributed by atoms with van der Waals surface area (Å²) in [5.74, 6) is -0.197. The van der Waals surface area contributed by atoms with Crippen molar-refractivity contribution in [3.8, 4) is 0 Å². The van der Waals surface area contributed by atoms with Gasteiger partial charge in [-0.2, -0.15) is 0 Å². The predicted octanol–water partition coefficient (Wildman–Crippen LogP) is 1.87. The number of rotatable bonds is 2. The van der Waals surface area contributed by atoms with E-state index >= 15 is 0 Å². The van der Waals surface area contributed by atoms with Crippen LogP contribution in [-0.2, 0) is 0 Å². The smallest absolute Gasteiger partial charge is 0.270 e. The molecule has 1 N–H and O–H groups in total. The number of hydrogen-bond acceptors (Lipinski definition) is 2. The zero-order valence-corrected chi connectivity index (χ0v) is 8.30. The molecule has 0 fully saturated rings. The van der Waals surface area contributed by atoms with Crippen LogP contribution >= 0.6 is 11.6 Å². The zero-order chi connectivity index (χ0) is 9.84. The maximum Gasteiger partial charge on any atom is 0.270 e. The average Bonchev–Trinajstić information content (AvgIpc) is 2.03. The summed E-state index contributed by atoms with van der Waals surface area (Å²) >= 11 is 5.63. The Kier molecular flexibility index (Phi) is 3.25. The van der Waals surface area contributed by atoms with Gasteiger partial charge in [0, 0.05) is 6.04 Å². The van der Waals surface area contributed by atoms with E-state index in [4.69, 9.17) is 11.6 Å². The van der Waals surface area contributed by atoms with Gasteiger partial charge in [0.25, 0.3) is 5.91 Å². The van der Waals surface area contributed by atoms with E-state index in [1.807, 2.05) is 13.8 Å². The molecule has 0 spiro atoms. The van der Waals surface area contributed by atoms with Crippen LogP contribution in [0.5, 0.6) is 0 Å². The van der Waals surface area contributed by atoms with Gasteiger partial charge in [0.15, 0.2) is 0 Å². The van der Waals surface area contributed by atoms with Crippen molar-refractivity contribution in [3.05, 3.63) is 29.0 Å². The average molecular weight is 199 g/mol. The molecule has 0 aliphatic rings. The van der Waals surface area contributed by atoms with E-state index in [1.165, 1.54) is 0 Å². The summed E-state index contributed by atoms with van der Waals surface area (Å²) in [6.07, 6.45) is 0. The van der Waals surface area contributed by atoms with E-state index in [0.717, 1.165) is 0 Å². The molecule has 0 saturated carbocycles. The third-order valence-corrected chi connectivity index (χ3v) is 1.58. The number of nitrogens with one attached hydrogen (secondary N) is 1. The Morgan fingerprint density at radius 2 is 2.23 bits per heavy atom. The summed E-state index contributed by atoms with van der Waals surface area (Å²) in [6.45, 7) is 3.78. The number of nitrogens with zero attached hydrogens (tertiary/aromatic N) is 1. The molecule has 1 amide bonds. The van der Waals surface area contributed by atoms with Gasteiger partial charge in [-0.3, -0.25) is 4.79 Å². The number of pyridine rings is 1. The monoisotopic (exact) mass is 198 g/mol. The third-order valence-electron chi connectivity index (χ3n) is 1.37. The van der Waals surface area contributed by atoms with Crippen LogP contribution in [0, 0.1) is 0 Å². The Morgan fingerprint density at radius 3 is 2.77 bits per heavy atom. The lowest BCUT2D eigenvalue weighted by molar-refractivity contribution is 0.0938. The number of carbonyl (C=O) groups is 1. The first-order valence-electron chi connectivity index (χ1n) is 4.03. The lowest BCUT2D eigenvalue weighted by Gasteiger charge is -2.07. The SMILES string of the molecule is CC(C)NC(=O)c1cccc(Cl)n1. The van der Waals surface area contributed by atoms with Gasteiger partial charge in [-0.1, -0.05) is 17.7 Å². The molecule has 0 aliphatic heterocycles. The predicted molar refractivity (Wildman–Crippen MR) is 51.8 cm³/mol. The third kappa shape index (κ3) is 3.03.